The molecule has 0 saturated heterocycles. The molecule has 92 valence electrons. The molecule has 0 aliphatic rings. The molecule has 2 heterocycles. The molecule has 0 saturated carbocycles. The van der Waals surface area contributed by atoms with Crippen molar-refractivity contribution in [3.05, 3.63) is 21.8 Å². The Balaban J connectivity index is 2.14. The smallest absolute Gasteiger partial charge is 0.148 e. The van der Waals surface area contributed by atoms with E-state index in [4.69, 9.17) is 5.73 Å². The highest BCUT2D eigenvalue weighted by Crippen LogP contribution is 2.23. The van der Waals surface area contributed by atoms with Gasteiger partial charge < -0.3 is 11.1 Å². The second kappa shape index (κ2) is 4.75. The van der Waals surface area contributed by atoms with Crippen LogP contribution in [0.3, 0.4) is 0 Å². The number of anilines is 2. The summed E-state index contributed by atoms with van der Waals surface area (Å²) in [6.45, 7) is 4.80. The van der Waals surface area contributed by atoms with Crippen LogP contribution >= 0.6 is 11.3 Å². The first-order chi connectivity index (χ1) is 8.13. The lowest BCUT2D eigenvalue weighted by atomic mass is 10.3. The van der Waals surface area contributed by atoms with Gasteiger partial charge in [0, 0.05) is 11.9 Å². The monoisotopic (exact) mass is 251 g/mol. The van der Waals surface area contributed by atoms with Crippen LogP contribution < -0.4 is 11.1 Å². The fraction of sp³-hybridized carbons (Fsp3) is 0.455. The van der Waals surface area contributed by atoms with Gasteiger partial charge in [0.15, 0.2) is 0 Å². The second-order valence-corrected chi connectivity index (χ2v) is 4.84. The van der Waals surface area contributed by atoms with Gasteiger partial charge >= 0.3 is 0 Å². The third-order valence-corrected chi connectivity index (χ3v) is 3.69. The van der Waals surface area contributed by atoms with Crippen molar-refractivity contribution in [1.29, 1.82) is 0 Å². The molecule has 0 spiro atoms. The summed E-state index contributed by atoms with van der Waals surface area (Å²) >= 11 is 1.65. The number of hydrogen-bond donors (Lipinski definition) is 2. The van der Waals surface area contributed by atoms with Crippen LogP contribution in [0.25, 0.3) is 0 Å². The van der Waals surface area contributed by atoms with Crippen LogP contribution in [0.5, 0.6) is 0 Å². The van der Waals surface area contributed by atoms with E-state index < -0.39 is 0 Å². The maximum Gasteiger partial charge on any atom is 0.148 e. The van der Waals surface area contributed by atoms with E-state index in [9.17, 15) is 0 Å². The molecule has 2 aromatic heterocycles. The summed E-state index contributed by atoms with van der Waals surface area (Å²) in [7, 11) is 1.90. The quantitative estimate of drug-likeness (QED) is 0.871. The van der Waals surface area contributed by atoms with Gasteiger partial charge in [0.05, 0.1) is 29.1 Å². The largest absolute Gasteiger partial charge is 0.394 e. The molecule has 5 nitrogen and oxygen atoms in total. The topological polar surface area (TPSA) is 68.8 Å². The van der Waals surface area contributed by atoms with Gasteiger partial charge in [0.2, 0.25) is 0 Å². The zero-order chi connectivity index (χ0) is 12.4. The van der Waals surface area contributed by atoms with Crippen LogP contribution in [0.15, 0.2) is 5.51 Å². The van der Waals surface area contributed by atoms with Crippen LogP contribution in [-0.4, -0.2) is 14.8 Å². The summed E-state index contributed by atoms with van der Waals surface area (Å²) in [6, 6.07) is 0. The summed E-state index contributed by atoms with van der Waals surface area (Å²) in [5.41, 5.74) is 10.6. The standard InChI is InChI=1S/C11H17N5S/c1-4-8-10(12)11(16(3)15-8)13-5-9-7(2)14-6-17-9/h6,13H,4-5,12H2,1-3H3. The van der Waals surface area contributed by atoms with Gasteiger partial charge in [-0.2, -0.15) is 5.10 Å². The minimum Gasteiger partial charge on any atom is -0.394 e. The number of nitrogen functional groups attached to an aromatic ring is 1. The Bertz CT molecular complexity index is 514. The predicted octanol–water partition coefficient (Wildman–Crippen LogP) is 1.94. The van der Waals surface area contributed by atoms with Crippen molar-refractivity contribution in [3.63, 3.8) is 0 Å². The SMILES string of the molecule is CCc1nn(C)c(NCc2scnc2C)c1N. The highest BCUT2D eigenvalue weighted by atomic mass is 32.1. The minimum atomic E-state index is 0.739. The van der Waals surface area contributed by atoms with Crippen molar-refractivity contribution in [1.82, 2.24) is 14.8 Å². The molecule has 0 amide bonds. The third kappa shape index (κ3) is 2.26. The molecule has 6 heteroatoms. The summed E-state index contributed by atoms with van der Waals surface area (Å²) in [4.78, 5) is 5.45. The number of rotatable bonds is 4. The Morgan fingerprint density at radius 3 is 2.82 bits per heavy atom. The number of nitrogens with zero attached hydrogens (tertiary/aromatic N) is 3. The summed E-state index contributed by atoms with van der Waals surface area (Å²) in [5, 5.41) is 7.69. The van der Waals surface area contributed by atoms with E-state index in [0.717, 1.165) is 35.9 Å². The fourth-order valence-electron chi connectivity index (χ4n) is 1.73. The lowest BCUT2D eigenvalue weighted by molar-refractivity contribution is 0.748. The lowest BCUT2D eigenvalue weighted by Gasteiger charge is -2.06. The van der Waals surface area contributed by atoms with E-state index in [-0.39, 0.29) is 0 Å². The van der Waals surface area contributed by atoms with Crippen molar-refractivity contribution in [3.8, 4) is 0 Å². The van der Waals surface area contributed by atoms with Crippen molar-refractivity contribution in [2.24, 2.45) is 7.05 Å². The number of nitrogens with one attached hydrogen (secondary N) is 1. The molecule has 17 heavy (non-hydrogen) atoms. The maximum atomic E-state index is 6.03. The number of aromatic nitrogens is 3. The van der Waals surface area contributed by atoms with Crippen LogP contribution in [0.4, 0.5) is 11.5 Å². The molecule has 2 rings (SSSR count). The molecule has 0 aliphatic heterocycles. The number of hydrogen-bond acceptors (Lipinski definition) is 5. The highest BCUT2D eigenvalue weighted by molar-refractivity contribution is 7.09. The molecule has 2 aromatic rings. The Morgan fingerprint density at radius 1 is 1.53 bits per heavy atom. The van der Waals surface area contributed by atoms with Crippen LogP contribution in [0.1, 0.15) is 23.2 Å². The van der Waals surface area contributed by atoms with E-state index in [1.54, 1.807) is 16.0 Å². The zero-order valence-corrected chi connectivity index (χ0v) is 11.1. The maximum absolute atomic E-state index is 6.03. The van der Waals surface area contributed by atoms with Gasteiger partial charge in [0.1, 0.15) is 5.82 Å². The number of thiazole rings is 1. The normalized spacial score (nSPS) is 10.8. The highest BCUT2D eigenvalue weighted by Gasteiger charge is 2.12. The molecular weight excluding hydrogens is 234 g/mol. The average molecular weight is 251 g/mol. The van der Waals surface area contributed by atoms with E-state index in [1.165, 1.54) is 4.88 Å². The Hall–Kier alpha value is -1.56. The molecule has 0 unspecified atom stereocenters. The van der Waals surface area contributed by atoms with Gasteiger partial charge in [-0.05, 0) is 13.3 Å². The molecule has 0 bridgehead atoms. The molecule has 0 radical (unpaired) electrons. The van der Waals surface area contributed by atoms with E-state index in [2.05, 4.69) is 22.3 Å². The molecule has 3 N–H and O–H groups in total. The molecular formula is C11H17N5S. The first-order valence-electron chi connectivity index (χ1n) is 5.57. The van der Waals surface area contributed by atoms with Crippen LogP contribution in [-0.2, 0) is 20.0 Å². The van der Waals surface area contributed by atoms with Gasteiger partial charge in [-0.1, -0.05) is 6.92 Å². The summed E-state index contributed by atoms with van der Waals surface area (Å²) < 4.78 is 1.80. The Labute approximate surface area is 105 Å². The average Bonchev–Trinajstić information content (AvgIpc) is 2.82. The van der Waals surface area contributed by atoms with Gasteiger partial charge in [-0.15, -0.1) is 11.3 Å². The Morgan fingerprint density at radius 2 is 2.29 bits per heavy atom. The summed E-state index contributed by atoms with van der Waals surface area (Å²) in [5.74, 6) is 0.884. The van der Waals surface area contributed by atoms with Crippen molar-refractivity contribution in [2.75, 3.05) is 11.1 Å². The van der Waals surface area contributed by atoms with Crippen molar-refractivity contribution >= 4 is 22.8 Å². The third-order valence-electron chi connectivity index (χ3n) is 2.76. The molecule has 0 atom stereocenters. The van der Waals surface area contributed by atoms with Gasteiger partial charge in [0.25, 0.3) is 0 Å². The molecule has 0 aliphatic carbocycles. The Kier molecular flexibility index (Phi) is 3.33. The predicted molar refractivity (Wildman–Crippen MR) is 71.2 cm³/mol. The van der Waals surface area contributed by atoms with E-state index >= 15 is 0 Å². The zero-order valence-electron chi connectivity index (χ0n) is 10.3. The number of nitrogens with two attached hydrogens (primary N) is 1. The van der Waals surface area contributed by atoms with Crippen molar-refractivity contribution in [2.45, 2.75) is 26.8 Å². The van der Waals surface area contributed by atoms with Crippen LogP contribution in [0, 0.1) is 6.92 Å². The van der Waals surface area contributed by atoms with Crippen LogP contribution in [0.2, 0.25) is 0 Å². The summed E-state index contributed by atoms with van der Waals surface area (Å²) in [6.07, 6.45) is 0.848. The van der Waals surface area contributed by atoms with Crippen molar-refractivity contribution < 1.29 is 0 Å². The lowest BCUT2D eigenvalue weighted by Crippen LogP contribution is -2.06. The molecule has 0 fully saturated rings. The van der Waals surface area contributed by atoms with E-state index in [1.807, 2.05) is 19.5 Å². The van der Waals surface area contributed by atoms with Gasteiger partial charge in [-0.25, -0.2) is 4.98 Å². The fourth-order valence-corrected chi connectivity index (χ4v) is 2.44. The van der Waals surface area contributed by atoms with E-state index in [0.29, 0.717) is 0 Å². The second-order valence-electron chi connectivity index (χ2n) is 3.90. The minimum absolute atomic E-state index is 0.739. The first kappa shape index (κ1) is 11.9. The molecule has 0 aromatic carbocycles. The first-order valence-corrected chi connectivity index (χ1v) is 6.45. The van der Waals surface area contributed by atoms with Gasteiger partial charge in [-0.3, -0.25) is 4.68 Å². The number of aryl methyl sites for hydroxylation is 3.